The summed E-state index contributed by atoms with van der Waals surface area (Å²) in [7, 11) is 0. The molecule has 0 aliphatic heterocycles. The Morgan fingerprint density at radius 1 is 1.36 bits per heavy atom. The molecule has 3 nitrogen and oxygen atoms in total. The molecule has 0 atom stereocenters. The largest absolute Gasteiger partial charge is 0.507 e. The second-order valence-electron chi connectivity index (χ2n) is 3.30. The van der Waals surface area contributed by atoms with E-state index in [2.05, 4.69) is 0 Å². The number of hydrogen-bond donors (Lipinski definition) is 2. The molecule has 0 unspecified atom stereocenters. The lowest BCUT2D eigenvalue weighted by molar-refractivity contribution is 0.481. The molecular weight excluding hydrogens is 178 g/mol. The van der Waals surface area contributed by atoms with E-state index in [1.165, 1.54) is 0 Å². The first-order valence-corrected chi connectivity index (χ1v) is 4.71. The zero-order valence-corrected chi connectivity index (χ0v) is 7.86. The van der Waals surface area contributed by atoms with Crippen LogP contribution in [0.25, 0.3) is 11.0 Å². The lowest BCUT2D eigenvalue weighted by Gasteiger charge is -1.97. The number of furan rings is 1. The topological polar surface area (TPSA) is 59.4 Å². The molecule has 14 heavy (non-hydrogen) atoms. The van der Waals surface area contributed by atoms with E-state index in [-0.39, 0.29) is 5.75 Å². The van der Waals surface area contributed by atoms with Gasteiger partial charge in [0.25, 0.3) is 0 Å². The summed E-state index contributed by atoms with van der Waals surface area (Å²) < 4.78 is 5.33. The number of aromatic hydroxyl groups is 1. The van der Waals surface area contributed by atoms with E-state index in [0.29, 0.717) is 6.54 Å². The van der Waals surface area contributed by atoms with Crippen molar-refractivity contribution >= 4 is 11.0 Å². The first-order chi connectivity index (χ1) is 6.83. The molecule has 0 saturated carbocycles. The van der Waals surface area contributed by atoms with E-state index >= 15 is 0 Å². The Balaban J connectivity index is 2.45. The summed E-state index contributed by atoms with van der Waals surface area (Å²) in [5, 5.41) is 10.5. The van der Waals surface area contributed by atoms with Crippen LogP contribution in [0.3, 0.4) is 0 Å². The first kappa shape index (κ1) is 9.09. The summed E-state index contributed by atoms with van der Waals surface area (Å²) in [6.45, 7) is 0.653. The van der Waals surface area contributed by atoms with Gasteiger partial charge in [0.15, 0.2) is 0 Å². The van der Waals surface area contributed by atoms with Gasteiger partial charge in [-0.25, -0.2) is 0 Å². The number of phenols is 1. The fourth-order valence-corrected chi connectivity index (χ4v) is 1.61. The molecule has 2 rings (SSSR count). The molecule has 0 saturated heterocycles. The van der Waals surface area contributed by atoms with Crippen LogP contribution < -0.4 is 5.73 Å². The molecule has 2 aromatic rings. The van der Waals surface area contributed by atoms with E-state index in [0.717, 1.165) is 29.4 Å². The summed E-state index contributed by atoms with van der Waals surface area (Å²) in [6, 6.07) is 5.29. The molecule has 1 heterocycles. The minimum Gasteiger partial charge on any atom is -0.507 e. The Kier molecular flexibility index (Phi) is 2.41. The molecular formula is C11H13NO2. The van der Waals surface area contributed by atoms with Gasteiger partial charge in [-0.15, -0.1) is 0 Å². The van der Waals surface area contributed by atoms with Crippen LogP contribution in [0.2, 0.25) is 0 Å². The minimum atomic E-state index is 0.281. The third kappa shape index (κ3) is 1.46. The molecule has 0 spiro atoms. The van der Waals surface area contributed by atoms with Crippen molar-refractivity contribution < 1.29 is 9.52 Å². The van der Waals surface area contributed by atoms with Gasteiger partial charge in [0, 0.05) is 5.56 Å². The summed E-state index contributed by atoms with van der Waals surface area (Å²) in [6.07, 6.45) is 3.45. The zero-order valence-electron chi connectivity index (χ0n) is 7.86. The maximum absolute atomic E-state index is 9.65. The van der Waals surface area contributed by atoms with Gasteiger partial charge in [0.05, 0.1) is 11.6 Å². The van der Waals surface area contributed by atoms with Gasteiger partial charge in [0.1, 0.15) is 11.3 Å². The lowest BCUT2D eigenvalue weighted by atomic mass is 10.1. The predicted octanol–water partition coefficient (Wildman–Crippen LogP) is 2.03. The molecule has 3 heteroatoms. The van der Waals surface area contributed by atoms with Crippen molar-refractivity contribution in [3.63, 3.8) is 0 Å². The Morgan fingerprint density at radius 3 is 3.00 bits per heavy atom. The van der Waals surface area contributed by atoms with Crippen molar-refractivity contribution in [2.75, 3.05) is 6.54 Å². The van der Waals surface area contributed by atoms with Crippen LogP contribution in [0.15, 0.2) is 28.9 Å². The molecule has 0 amide bonds. The zero-order chi connectivity index (χ0) is 9.97. The Labute approximate surface area is 82.1 Å². The maximum Gasteiger partial charge on any atom is 0.137 e. The van der Waals surface area contributed by atoms with Gasteiger partial charge >= 0.3 is 0 Å². The average Bonchev–Trinajstić information content (AvgIpc) is 2.59. The third-order valence-electron chi connectivity index (χ3n) is 2.30. The molecule has 0 bridgehead atoms. The van der Waals surface area contributed by atoms with Gasteiger partial charge in [-0.3, -0.25) is 0 Å². The first-order valence-electron chi connectivity index (χ1n) is 4.71. The average molecular weight is 191 g/mol. The molecule has 1 aromatic heterocycles. The normalized spacial score (nSPS) is 10.9. The highest BCUT2D eigenvalue weighted by molar-refractivity contribution is 5.87. The van der Waals surface area contributed by atoms with Crippen molar-refractivity contribution in [3.05, 3.63) is 30.0 Å². The number of hydrogen-bond acceptors (Lipinski definition) is 3. The van der Waals surface area contributed by atoms with Crippen LogP contribution in [-0.4, -0.2) is 11.7 Å². The lowest BCUT2D eigenvalue weighted by Crippen LogP contribution is -1.99. The van der Waals surface area contributed by atoms with Crippen molar-refractivity contribution in [1.82, 2.24) is 0 Å². The second kappa shape index (κ2) is 3.72. The van der Waals surface area contributed by atoms with Gasteiger partial charge in [0.2, 0.25) is 0 Å². The van der Waals surface area contributed by atoms with Gasteiger partial charge in [-0.05, 0) is 31.5 Å². The van der Waals surface area contributed by atoms with Crippen LogP contribution in [0.5, 0.6) is 5.75 Å². The molecule has 0 radical (unpaired) electrons. The van der Waals surface area contributed by atoms with Gasteiger partial charge in [-0.2, -0.15) is 0 Å². The van der Waals surface area contributed by atoms with Gasteiger partial charge in [-0.1, -0.05) is 6.07 Å². The molecule has 0 aliphatic rings. The fourth-order valence-electron chi connectivity index (χ4n) is 1.61. The summed E-state index contributed by atoms with van der Waals surface area (Å²) in [5.74, 6) is 0.281. The van der Waals surface area contributed by atoms with Crippen LogP contribution in [0, 0.1) is 0 Å². The third-order valence-corrected chi connectivity index (χ3v) is 2.30. The quantitative estimate of drug-likeness (QED) is 0.780. The minimum absolute atomic E-state index is 0.281. The Hall–Kier alpha value is -1.48. The van der Waals surface area contributed by atoms with Crippen molar-refractivity contribution in [3.8, 4) is 5.75 Å². The van der Waals surface area contributed by atoms with Crippen molar-refractivity contribution in [2.24, 2.45) is 5.73 Å². The predicted molar refractivity (Wildman–Crippen MR) is 55.3 cm³/mol. The number of nitrogens with two attached hydrogens (primary N) is 1. The Bertz CT molecular complexity index is 434. The van der Waals surface area contributed by atoms with E-state index in [1.54, 1.807) is 18.4 Å². The van der Waals surface area contributed by atoms with E-state index in [1.807, 2.05) is 6.07 Å². The van der Waals surface area contributed by atoms with Gasteiger partial charge < -0.3 is 15.3 Å². The molecule has 1 aromatic carbocycles. The highest BCUT2D eigenvalue weighted by atomic mass is 16.3. The number of benzene rings is 1. The van der Waals surface area contributed by atoms with Crippen molar-refractivity contribution in [2.45, 2.75) is 12.8 Å². The van der Waals surface area contributed by atoms with Crippen molar-refractivity contribution in [1.29, 1.82) is 0 Å². The van der Waals surface area contributed by atoms with E-state index in [4.69, 9.17) is 10.2 Å². The SMILES string of the molecule is NCCCc1coc2cccc(O)c12. The maximum atomic E-state index is 9.65. The number of rotatable bonds is 3. The number of phenolic OH excluding ortho intramolecular Hbond substituents is 1. The van der Waals surface area contributed by atoms with E-state index < -0.39 is 0 Å². The van der Waals surface area contributed by atoms with Crippen LogP contribution in [-0.2, 0) is 6.42 Å². The Morgan fingerprint density at radius 2 is 2.21 bits per heavy atom. The summed E-state index contributed by atoms with van der Waals surface area (Å²) in [4.78, 5) is 0. The summed E-state index contributed by atoms with van der Waals surface area (Å²) in [5.41, 5.74) is 7.20. The van der Waals surface area contributed by atoms with E-state index in [9.17, 15) is 5.11 Å². The number of aryl methyl sites for hydroxylation is 1. The highest BCUT2D eigenvalue weighted by Crippen LogP contribution is 2.29. The fraction of sp³-hybridized carbons (Fsp3) is 0.273. The number of fused-ring (bicyclic) bond motifs is 1. The molecule has 74 valence electrons. The molecule has 3 N–H and O–H groups in total. The van der Waals surface area contributed by atoms with Crippen LogP contribution in [0.4, 0.5) is 0 Å². The smallest absolute Gasteiger partial charge is 0.137 e. The van der Waals surface area contributed by atoms with Crippen LogP contribution >= 0.6 is 0 Å². The molecule has 0 aliphatic carbocycles. The second-order valence-corrected chi connectivity index (χ2v) is 3.30. The summed E-state index contributed by atoms with van der Waals surface area (Å²) >= 11 is 0. The monoisotopic (exact) mass is 191 g/mol. The standard InChI is InChI=1S/C11H13NO2/c12-6-2-3-8-7-14-10-5-1-4-9(13)11(8)10/h1,4-5,7,13H,2-3,6,12H2. The highest BCUT2D eigenvalue weighted by Gasteiger charge is 2.08. The van der Waals surface area contributed by atoms with Crippen LogP contribution in [0.1, 0.15) is 12.0 Å². The molecule has 0 fully saturated rings.